The second kappa shape index (κ2) is 8.37. The van der Waals surface area contributed by atoms with Crippen molar-refractivity contribution >= 4 is 22.0 Å². The van der Waals surface area contributed by atoms with E-state index in [-0.39, 0.29) is 34.0 Å². The molecule has 11 nitrogen and oxygen atoms in total. The molecule has 2 heterocycles. The Labute approximate surface area is 188 Å². The van der Waals surface area contributed by atoms with E-state index in [9.17, 15) is 14.0 Å². The Balaban J connectivity index is 1.46. The number of carbonyl (C=O) groups excluding carboxylic acids is 1. The van der Waals surface area contributed by atoms with Crippen LogP contribution in [0.5, 0.6) is 5.88 Å². The molecular weight excluding hydrogens is 493 g/mol. The van der Waals surface area contributed by atoms with E-state index in [1.54, 1.807) is 20.8 Å². The summed E-state index contributed by atoms with van der Waals surface area (Å²) in [5, 5.41) is 14.0. The molecule has 0 aliphatic heterocycles. The van der Waals surface area contributed by atoms with Gasteiger partial charge in [0, 0.05) is 18.9 Å². The number of hydrogen-bond acceptors (Lipinski definition) is 9. The van der Waals surface area contributed by atoms with Crippen LogP contribution in [0.25, 0.3) is 17.2 Å². The third kappa shape index (κ3) is 4.66. The van der Waals surface area contributed by atoms with Crippen molar-refractivity contribution in [3.63, 3.8) is 0 Å². The van der Waals surface area contributed by atoms with Crippen LogP contribution in [0.2, 0.25) is 0 Å². The lowest BCUT2D eigenvalue weighted by Crippen LogP contribution is -2.50. The normalized spacial score (nSPS) is 18.2. The zero-order valence-electron chi connectivity index (χ0n) is 17.3. The van der Waals surface area contributed by atoms with Gasteiger partial charge in [-0.15, -0.1) is 0 Å². The summed E-state index contributed by atoms with van der Waals surface area (Å²) in [6, 6.07) is 3.85. The number of nitrogens with one attached hydrogen (secondary N) is 1. The van der Waals surface area contributed by atoms with Gasteiger partial charge in [-0.2, -0.15) is 0 Å². The van der Waals surface area contributed by atoms with Gasteiger partial charge in [-0.25, -0.2) is 23.2 Å². The van der Waals surface area contributed by atoms with Crippen LogP contribution in [0.1, 0.15) is 33.6 Å². The Morgan fingerprint density at radius 2 is 2.03 bits per heavy atom. The minimum absolute atomic E-state index is 0.00828. The maximum Gasteiger partial charge on any atom is 0.446 e. The lowest BCUT2D eigenvalue weighted by molar-refractivity contribution is 0.0348. The Morgan fingerprint density at radius 3 is 2.72 bits per heavy atom. The van der Waals surface area contributed by atoms with Crippen LogP contribution in [0, 0.1) is 5.82 Å². The van der Waals surface area contributed by atoms with E-state index in [0.717, 1.165) is 4.57 Å². The zero-order valence-corrected chi connectivity index (χ0v) is 18.9. The maximum atomic E-state index is 13.6. The van der Waals surface area contributed by atoms with E-state index >= 15 is 0 Å². The predicted octanol–water partition coefficient (Wildman–Crippen LogP) is 3.21. The van der Waals surface area contributed by atoms with Crippen molar-refractivity contribution in [1.82, 2.24) is 25.4 Å². The SMILES string of the molecule is CC(C)(C)OC(=O)NC1CC(Oc2nonc2-c2noc(=O)n2-c2ccc(F)c(Br)c2)C1. The molecule has 0 unspecified atom stereocenters. The molecule has 13 heteroatoms. The second-order valence-electron chi connectivity index (χ2n) is 8.18. The molecule has 0 bridgehead atoms. The maximum absolute atomic E-state index is 13.6. The summed E-state index contributed by atoms with van der Waals surface area (Å²) in [7, 11) is 0. The smallest absolute Gasteiger partial charge is 0.446 e. The molecule has 1 saturated carbocycles. The summed E-state index contributed by atoms with van der Waals surface area (Å²) in [4.78, 5) is 24.1. The van der Waals surface area contributed by atoms with Crippen molar-refractivity contribution in [2.75, 3.05) is 0 Å². The van der Waals surface area contributed by atoms with E-state index in [0.29, 0.717) is 18.5 Å². The average Bonchev–Trinajstić information content (AvgIpc) is 3.27. The highest BCUT2D eigenvalue weighted by atomic mass is 79.9. The predicted molar refractivity (Wildman–Crippen MR) is 110 cm³/mol. The third-order valence-corrected chi connectivity index (χ3v) is 5.14. The molecule has 1 aliphatic carbocycles. The van der Waals surface area contributed by atoms with Crippen LogP contribution in [-0.4, -0.2) is 43.9 Å². The van der Waals surface area contributed by atoms with E-state index in [2.05, 4.69) is 36.7 Å². The molecule has 0 atom stereocenters. The van der Waals surface area contributed by atoms with E-state index in [1.165, 1.54) is 18.2 Å². The number of rotatable bonds is 5. The molecule has 4 rings (SSSR count). The first-order valence-corrected chi connectivity index (χ1v) is 10.4. The Kier molecular flexibility index (Phi) is 5.75. The Hall–Kier alpha value is -3.22. The van der Waals surface area contributed by atoms with Gasteiger partial charge < -0.3 is 14.8 Å². The average molecular weight is 512 g/mol. The molecule has 0 saturated heterocycles. The number of nitrogens with zero attached hydrogens (tertiary/aromatic N) is 4. The van der Waals surface area contributed by atoms with Gasteiger partial charge in [0.15, 0.2) is 0 Å². The van der Waals surface area contributed by atoms with Gasteiger partial charge in [-0.3, -0.25) is 4.52 Å². The number of ether oxygens (including phenoxy) is 2. The number of aromatic nitrogens is 4. The first-order chi connectivity index (χ1) is 15.1. The molecule has 0 radical (unpaired) electrons. The summed E-state index contributed by atoms with van der Waals surface area (Å²) in [5.74, 6) is -1.31. The fourth-order valence-electron chi connectivity index (χ4n) is 3.06. The van der Waals surface area contributed by atoms with Crippen molar-refractivity contribution in [3.8, 4) is 23.1 Å². The van der Waals surface area contributed by atoms with Crippen molar-refractivity contribution in [3.05, 3.63) is 39.0 Å². The lowest BCUT2D eigenvalue weighted by Gasteiger charge is -2.35. The van der Waals surface area contributed by atoms with Crippen molar-refractivity contribution in [2.24, 2.45) is 0 Å². The minimum atomic E-state index is -0.808. The van der Waals surface area contributed by atoms with Gasteiger partial charge in [0.2, 0.25) is 11.5 Å². The first kappa shape index (κ1) is 22.0. The van der Waals surface area contributed by atoms with Gasteiger partial charge in [-0.05, 0) is 65.2 Å². The third-order valence-electron chi connectivity index (χ3n) is 4.53. The molecular formula is C19H19BrFN5O6. The molecule has 1 fully saturated rings. The molecule has 0 spiro atoms. The first-order valence-electron chi connectivity index (χ1n) is 9.64. The lowest BCUT2D eigenvalue weighted by atomic mass is 9.89. The molecule has 2 aromatic heterocycles. The largest absolute Gasteiger partial charge is 0.470 e. The minimum Gasteiger partial charge on any atom is -0.470 e. The van der Waals surface area contributed by atoms with Crippen LogP contribution < -0.4 is 15.8 Å². The monoisotopic (exact) mass is 511 g/mol. The quantitative estimate of drug-likeness (QED) is 0.547. The number of halogens is 2. The zero-order chi connectivity index (χ0) is 23.0. The molecule has 3 aromatic rings. The second-order valence-corrected chi connectivity index (χ2v) is 9.03. The highest BCUT2D eigenvalue weighted by Gasteiger charge is 2.35. The number of benzene rings is 1. The van der Waals surface area contributed by atoms with Gasteiger partial charge in [-0.1, -0.05) is 5.16 Å². The molecule has 1 N–H and O–H groups in total. The van der Waals surface area contributed by atoms with E-state index in [1.807, 2.05) is 0 Å². The Morgan fingerprint density at radius 1 is 1.28 bits per heavy atom. The number of amides is 1. The topological polar surface area (TPSA) is 135 Å². The fourth-order valence-corrected chi connectivity index (χ4v) is 3.42. The van der Waals surface area contributed by atoms with E-state index < -0.39 is 23.3 Å². The van der Waals surface area contributed by atoms with Crippen LogP contribution in [0.3, 0.4) is 0 Å². The Bertz CT molecular complexity index is 1190. The van der Waals surface area contributed by atoms with Crippen LogP contribution in [-0.2, 0) is 4.74 Å². The van der Waals surface area contributed by atoms with Crippen LogP contribution in [0.15, 0.2) is 36.6 Å². The molecule has 32 heavy (non-hydrogen) atoms. The molecule has 1 amide bonds. The van der Waals surface area contributed by atoms with Crippen molar-refractivity contribution < 1.29 is 27.8 Å². The summed E-state index contributed by atoms with van der Waals surface area (Å²) >= 11 is 3.08. The van der Waals surface area contributed by atoms with Gasteiger partial charge in [0.05, 0.1) is 10.2 Å². The fraction of sp³-hybridized carbons (Fsp3) is 0.421. The number of alkyl carbamates (subject to hydrolysis) is 1. The van der Waals surface area contributed by atoms with E-state index in [4.69, 9.17) is 18.6 Å². The molecule has 1 aliphatic rings. The summed E-state index contributed by atoms with van der Waals surface area (Å²) in [6.07, 6.45) is 0.263. The molecule has 1 aromatic carbocycles. The summed E-state index contributed by atoms with van der Waals surface area (Å²) < 4.78 is 35.4. The summed E-state index contributed by atoms with van der Waals surface area (Å²) in [5.41, 5.74) is -0.253. The standard InChI is InChI=1S/C19H19BrFN5O6/c1-19(2,3)30-17(27)22-9-6-11(7-9)29-16-14(23-32-25-16)15-24-31-18(28)26(15)10-4-5-13(21)12(20)8-10/h4-5,8-9,11H,6-7H2,1-3H3,(H,22,27). The number of carbonyl (C=O) groups is 1. The van der Waals surface area contributed by atoms with Crippen molar-refractivity contribution in [2.45, 2.75) is 51.4 Å². The highest BCUT2D eigenvalue weighted by molar-refractivity contribution is 9.10. The van der Waals surface area contributed by atoms with Crippen molar-refractivity contribution in [1.29, 1.82) is 0 Å². The highest BCUT2D eigenvalue weighted by Crippen LogP contribution is 2.31. The van der Waals surface area contributed by atoms with Gasteiger partial charge >= 0.3 is 11.8 Å². The summed E-state index contributed by atoms with van der Waals surface area (Å²) in [6.45, 7) is 5.35. The van der Waals surface area contributed by atoms with Gasteiger partial charge in [0.25, 0.3) is 5.88 Å². The van der Waals surface area contributed by atoms with Crippen LogP contribution >= 0.6 is 15.9 Å². The van der Waals surface area contributed by atoms with Crippen LogP contribution in [0.4, 0.5) is 9.18 Å². The molecule has 170 valence electrons. The number of hydrogen-bond donors (Lipinski definition) is 1. The van der Waals surface area contributed by atoms with Gasteiger partial charge in [0.1, 0.15) is 17.5 Å².